The summed E-state index contributed by atoms with van der Waals surface area (Å²) in [4.78, 5) is 44.1. The molecule has 38 heavy (non-hydrogen) atoms. The topological polar surface area (TPSA) is 95.7 Å². The van der Waals surface area contributed by atoms with Crippen molar-refractivity contribution in [2.45, 2.75) is 82.3 Å². The molecule has 7 heteroatoms. The van der Waals surface area contributed by atoms with E-state index in [4.69, 9.17) is 5.73 Å². The summed E-state index contributed by atoms with van der Waals surface area (Å²) in [5, 5.41) is 2.98. The number of fused-ring (bicyclic) bond motifs is 1. The standard InChI is InChI=1S/C31H40N4O3/c1-30(2)25-14-8-9-15-26(25)35(28(30)37)24-17-20-34(21-18-24)29(38)31(32,19-16-22-10-4-3-5-11-22)33-27(36)23-12-6-7-13-23/h3-5,8-11,14-15,23-24H,6-7,12-13,16-21,32H2,1-2H3,(H,33,36)/t31-/m0/s1. The van der Waals surface area contributed by atoms with Crippen LogP contribution >= 0.6 is 0 Å². The van der Waals surface area contributed by atoms with E-state index < -0.39 is 11.1 Å². The Morgan fingerprint density at radius 3 is 2.29 bits per heavy atom. The Morgan fingerprint density at radius 2 is 1.61 bits per heavy atom. The van der Waals surface area contributed by atoms with Gasteiger partial charge in [-0.3, -0.25) is 14.4 Å². The molecular formula is C31H40N4O3. The lowest BCUT2D eigenvalue weighted by atomic mass is 9.86. The number of carbonyl (C=O) groups is 3. The minimum atomic E-state index is -1.46. The summed E-state index contributed by atoms with van der Waals surface area (Å²) in [7, 11) is 0. The third kappa shape index (κ3) is 4.96. The zero-order valence-corrected chi connectivity index (χ0v) is 22.6. The van der Waals surface area contributed by atoms with Gasteiger partial charge in [-0.05, 0) is 69.6 Å². The van der Waals surface area contributed by atoms with E-state index in [2.05, 4.69) is 5.32 Å². The van der Waals surface area contributed by atoms with E-state index in [9.17, 15) is 14.4 Å². The molecule has 2 aromatic rings. The number of nitrogens with two attached hydrogens (primary N) is 1. The van der Waals surface area contributed by atoms with Crippen molar-refractivity contribution in [1.29, 1.82) is 0 Å². The maximum absolute atomic E-state index is 13.9. The summed E-state index contributed by atoms with van der Waals surface area (Å²) in [5.41, 5.74) is 7.88. The molecule has 7 nitrogen and oxygen atoms in total. The SMILES string of the molecule is CC1(C)C(=O)N(C2CCN(C(=O)[C@](N)(CCc3ccccc3)NC(=O)C3CCCC3)CC2)c2ccccc21. The molecule has 2 aromatic carbocycles. The van der Waals surface area contributed by atoms with E-state index in [-0.39, 0.29) is 29.7 Å². The molecule has 202 valence electrons. The van der Waals surface area contributed by atoms with Crippen LogP contribution in [0.3, 0.4) is 0 Å². The quantitative estimate of drug-likeness (QED) is 0.546. The second-order valence-corrected chi connectivity index (χ2v) is 11.8. The first-order chi connectivity index (χ1) is 18.2. The van der Waals surface area contributed by atoms with Crippen LogP contribution in [0.25, 0.3) is 0 Å². The molecule has 0 spiro atoms. The Bertz CT molecular complexity index is 1180. The van der Waals surface area contributed by atoms with Crippen molar-refractivity contribution in [3.8, 4) is 0 Å². The molecule has 1 aliphatic carbocycles. The number of nitrogens with zero attached hydrogens (tertiary/aromatic N) is 2. The van der Waals surface area contributed by atoms with E-state index in [1.807, 2.05) is 73.3 Å². The Kier molecular flexibility index (Phi) is 7.32. The molecule has 2 fully saturated rings. The van der Waals surface area contributed by atoms with Gasteiger partial charge in [0.15, 0.2) is 5.66 Å². The lowest BCUT2D eigenvalue weighted by Gasteiger charge is -2.41. The van der Waals surface area contributed by atoms with Gasteiger partial charge in [0.1, 0.15) is 0 Å². The molecule has 1 atom stereocenters. The van der Waals surface area contributed by atoms with Crippen molar-refractivity contribution in [1.82, 2.24) is 10.2 Å². The fourth-order valence-corrected chi connectivity index (χ4v) is 6.43. The first-order valence-corrected chi connectivity index (χ1v) is 14.1. The number of carbonyl (C=O) groups excluding carboxylic acids is 3. The maximum Gasteiger partial charge on any atom is 0.263 e. The molecule has 2 aliphatic heterocycles. The Hall–Kier alpha value is -3.19. The van der Waals surface area contributed by atoms with Crippen LogP contribution < -0.4 is 16.0 Å². The van der Waals surface area contributed by atoms with Crippen LogP contribution in [0.5, 0.6) is 0 Å². The van der Waals surface area contributed by atoms with Crippen molar-refractivity contribution >= 4 is 23.4 Å². The summed E-state index contributed by atoms with van der Waals surface area (Å²) < 4.78 is 0. The number of para-hydroxylation sites is 1. The number of likely N-dealkylation sites (tertiary alicyclic amines) is 1. The number of rotatable bonds is 7. The third-order valence-electron chi connectivity index (χ3n) is 8.81. The highest BCUT2D eigenvalue weighted by molar-refractivity contribution is 6.08. The van der Waals surface area contributed by atoms with Gasteiger partial charge in [-0.2, -0.15) is 0 Å². The van der Waals surface area contributed by atoms with Crippen molar-refractivity contribution in [3.05, 3.63) is 65.7 Å². The third-order valence-corrected chi connectivity index (χ3v) is 8.81. The van der Waals surface area contributed by atoms with Gasteiger partial charge in [0.05, 0.1) is 5.41 Å². The largest absolute Gasteiger partial charge is 0.339 e. The van der Waals surface area contributed by atoms with Crippen LogP contribution in [0.2, 0.25) is 0 Å². The highest BCUT2D eigenvalue weighted by Crippen LogP contribution is 2.43. The Labute approximate surface area is 225 Å². The molecule has 5 rings (SSSR count). The van der Waals surface area contributed by atoms with Gasteiger partial charge in [-0.15, -0.1) is 0 Å². The van der Waals surface area contributed by atoms with Crippen LogP contribution in [0.1, 0.15) is 69.9 Å². The summed E-state index contributed by atoms with van der Waals surface area (Å²) in [6.45, 7) is 4.96. The molecule has 2 heterocycles. The second kappa shape index (κ2) is 10.5. The van der Waals surface area contributed by atoms with Crippen LogP contribution in [-0.2, 0) is 26.2 Å². The lowest BCUT2D eigenvalue weighted by Crippen LogP contribution is -2.67. The monoisotopic (exact) mass is 516 g/mol. The Morgan fingerprint density at radius 1 is 0.974 bits per heavy atom. The molecule has 1 saturated carbocycles. The van der Waals surface area contributed by atoms with Gasteiger partial charge in [0, 0.05) is 30.7 Å². The summed E-state index contributed by atoms with van der Waals surface area (Å²) in [6.07, 6.45) is 6.05. The first-order valence-electron chi connectivity index (χ1n) is 14.1. The number of hydrogen-bond donors (Lipinski definition) is 2. The van der Waals surface area contributed by atoms with Crippen molar-refractivity contribution in [3.63, 3.8) is 0 Å². The van der Waals surface area contributed by atoms with Gasteiger partial charge < -0.3 is 20.9 Å². The average molecular weight is 517 g/mol. The zero-order valence-electron chi connectivity index (χ0n) is 22.6. The molecule has 0 aromatic heterocycles. The number of aryl methyl sites for hydroxylation is 1. The predicted octanol–water partition coefficient (Wildman–Crippen LogP) is 3.90. The van der Waals surface area contributed by atoms with Crippen LogP contribution in [0, 0.1) is 5.92 Å². The number of anilines is 1. The van der Waals surface area contributed by atoms with E-state index in [1.54, 1.807) is 4.90 Å². The zero-order chi connectivity index (χ0) is 26.9. The van der Waals surface area contributed by atoms with E-state index in [0.717, 1.165) is 42.5 Å². The van der Waals surface area contributed by atoms with Crippen molar-refractivity contribution < 1.29 is 14.4 Å². The molecule has 3 aliphatic rings. The summed E-state index contributed by atoms with van der Waals surface area (Å²) in [6, 6.07) is 18.0. The Balaban J connectivity index is 1.29. The lowest BCUT2D eigenvalue weighted by molar-refractivity contribution is -0.144. The molecule has 0 radical (unpaired) electrons. The van der Waals surface area contributed by atoms with Crippen LogP contribution in [-0.4, -0.2) is 47.4 Å². The van der Waals surface area contributed by atoms with E-state index in [0.29, 0.717) is 38.8 Å². The molecule has 0 unspecified atom stereocenters. The minimum Gasteiger partial charge on any atom is -0.339 e. The van der Waals surface area contributed by atoms with Gasteiger partial charge in [-0.1, -0.05) is 61.4 Å². The molecule has 3 amide bonds. The number of nitrogens with one attached hydrogen (secondary N) is 1. The normalized spacial score (nSPS) is 21.3. The number of amides is 3. The minimum absolute atomic E-state index is 0.0269. The van der Waals surface area contributed by atoms with Crippen LogP contribution in [0.15, 0.2) is 54.6 Å². The first kappa shape index (κ1) is 26.4. The molecular weight excluding hydrogens is 476 g/mol. The number of hydrogen-bond acceptors (Lipinski definition) is 4. The highest BCUT2D eigenvalue weighted by Gasteiger charge is 2.48. The van der Waals surface area contributed by atoms with Gasteiger partial charge in [0.25, 0.3) is 5.91 Å². The number of benzene rings is 2. The van der Waals surface area contributed by atoms with Crippen molar-refractivity contribution in [2.24, 2.45) is 11.7 Å². The van der Waals surface area contributed by atoms with E-state index >= 15 is 0 Å². The summed E-state index contributed by atoms with van der Waals surface area (Å²) >= 11 is 0. The summed E-state index contributed by atoms with van der Waals surface area (Å²) in [5.74, 6) is -0.296. The predicted molar refractivity (Wildman–Crippen MR) is 148 cm³/mol. The van der Waals surface area contributed by atoms with Gasteiger partial charge in [-0.25, -0.2) is 0 Å². The molecule has 0 bridgehead atoms. The van der Waals surface area contributed by atoms with Crippen molar-refractivity contribution in [2.75, 3.05) is 18.0 Å². The van der Waals surface area contributed by atoms with E-state index in [1.165, 1.54) is 0 Å². The molecule has 1 saturated heterocycles. The number of piperidine rings is 1. The average Bonchev–Trinajstić information content (AvgIpc) is 3.54. The fourth-order valence-electron chi connectivity index (χ4n) is 6.43. The van der Waals surface area contributed by atoms with Crippen LogP contribution in [0.4, 0.5) is 5.69 Å². The smallest absolute Gasteiger partial charge is 0.263 e. The fraction of sp³-hybridized carbons (Fsp3) is 0.516. The highest BCUT2D eigenvalue weighted by atomic mass is 16.2. The molecule has 3 N–H and O–H groups in total. The van der Waals surface area contributed by atoms with Gasteiger partial charge >= 0.3 is 0 Å². The maximum atomic E-state index is 13.9. The van der Waals surface area contributed by atoms with Gasteiger partial charge in [0.2, 0.25) is 11.8 Å². The second-order valence-electron chi connectivity index (χ2n) is 11.8.